The van der Waals surface area contributed by atoms with Crippen LogP contribution in [0.4, 0.5) is 0 Å². The highest BCUT2D eigenvalue weighted by Crippen LogP contribution is 2.28. The van der Waals surface area contributed by atoms with E-state index < -0.39 is 0 Å². The van der Waals surface area contributed by atoms with Gasteiger partial charge in [-0.1, -0.05) is 24.3 Å². The highest BCUT2D eigenvalue weighted by Gasteiger charge is 2.29. The summed E-state index contributed by atoms with van der Waals surface area (Å²) in [5.41, 5.74) is 2.43. The second-order valence-corrected chi connectivity index (χ2v) is 5.94. The Morgan fingerprint density at radius 3 is 2.65 bits per heavy atom. The van der Waals surface area contributed by atoms with Gasteiger partial charge in [0.1, 0.15) is 0 Å². The molecule has 1 aromatic rings. The number of β-amino-alcohol motifs (C(OH)–C–C–N with tert-alkyl or cyclic N) is 1. The first kappa shape index (κ1) is 13.6. The van der Waals surface area contributed by atoms with Crippen LogP contribution in [0.1, 0.15) is 30.4 Å². The summed E-state index contributed by atoms with van der Waals surface area (Å²) < 4.78 is 0. The number of amides is 1. The Bertz CT molecular complexity index is 485. The Morgan fingerprint density at radius 2 is 2.00 bits per heavy atom. The minimum absolute atomic E-state index is 0.184. The fraction of sp³-hybridized carbons (Fsp3) is 0.562. The SMILES string of the molecule is O=C(NCc1ccccc1CN1CC[C@H](O)C1)C1CC1. The van der Waals surface area contributed by atoms with E-state index in [0.717, 1.165) is 38.9 Å². The van der Waals surface area contributed by atoms with Crippen LogP contribution < -0.4 is 5.32 Å². The van der Waals surface area contributed by atoms with Gasteiger partial charge in [0.2, 0.25) is 5.91 Å². The van der Waals surface area contributed by atoms with Crippen molar-refractivity contribution in [3.63, 3.8) is 0 Å². The predicted molar refractivity (Wildman–Crippen MR) is 76.9 cm³/mol. The zero-order valence-corrected chi connectivity index (χ0v) is 11.7. The molecule has 2 aliphatic rings. The molecule has 0 aromatic heterocycles. The van der Waals surface area contributed by atoms with Gasteiger partial charge in [0.25, 0.3) is 0 Å². The van der Waals surface area contributed by atoms with Crippen LogP contribution in [0.2, 0.25) is 0 Å². The first-order valence-corrected chi connectivity index (χ1v) is 7.47. The monoisotopic (exact) mass is 274 g/mol. The minimum atomic E-state index is -0.184. The lowest BCUT2D eigenvalue weighted by Gasteiger charge is -2.18. The van der Waals surface area contributed by atoms with Gasteiger partial charge in [-0.25, -0.2) is 0 Å². The van der Waals surface area contributed by atoms with Crippen LogP contribution >= 0.6 is 0 Å². The topological polar surface area (TPSA) is 52.6 Å². The lowest BCUT2D eigenvalue weighted by Crippen LogP contribution is -2.26. The van der Waals surface area contributed by atoms with Gasteiger partial charge in [0.15, 0.2) is 0 Å². The Labute approximate surface area is 119 Å². The van der Waals surface area contributed by atoms with Crippen molar-refractivity contribution in [2.75, 3.05) is 13.1 Å². The lowest BCUT2D eigenvalue weighted by atomic mass is 10.1. The lowest BCUT2D eigenvalue weighted by molar-refractivity contribution is -0.122. The molecule has 1 saturated heterocycles. The largest absolute Gasteiger partial charge is 0.392 e. The van der Waals surface area contributed by atoms with Gasteiger partial charge in [-0.15, -0.1) is 0 Å². The van der Waals surface area contributed by atoms with E-state index in [4.69, 9.17) is 0 Å². The summed E-state index contributed by atoms with van der Waals surface area (Å²) in [6, 6.07) is 8.24. The fourth-order valence-corrected chi connectivity index (χ4v) is 2.75. The van der Waals surface area contributed by atoms with E-state index in [1.807, 2.05) is 12.1 Å². The highest BCUT2D eigenvalue weighted by molar-refractivity contribution is 5.80. The molecule has 2 fully saturated rings. The molecule has 4 heteroatoms. The number of hydrogen-bond donors (Lipinski definition) is 2. The summed E-state index contributed by atoms with van der Waals surface area (Å²) in [4.78, 5) is 14.0. The van der Waals surface area contributed by atoms with Crippen molar-refractivity contribution in [1.82, 2.24) is 10.2 Å². The van der Waals surface area contributed by atoms with E-state index in [-0.39, 0.29) is 17.9 Å². The standard InChI is InChI=1S/C16H22N2O2/c19-15-7-8-18(11-15)10-14-4-2-1-3-13(14)9-17-16(20)12-5-6-12/h1-4,12,15,19H,5-11H2,(H,17,20)/t15-/m0/s1. The van der Waals surface area contributed by atoms with Gasteiger partial charge < -0.3 is 10.4 Å². The third kappa shape index (κ3) is 3.38. The number of nitrogens with zero attached hydrogens (tertiary/aromatic N) is 1. The van der Waals surface area contributed by atoms with Gasteiger partial charge in [-0.3, -0.25) is 9.69 Å². The van der Waals surface area contributed by atoms with E-state index in [1.165, 1.54) is 11.1 Å². The van der Waals surface area contributed by atoms with Crippen LogP contribution in [0.25, 0.3) is 0 Å². The van der Waals surface area contributed by atoms with Crippen molar-refractivity contribution < 1.29 is 9.90 Å². The van der Waals surface area contributed by atoms with Gasteiger partial charge in [-0.2, -0.15) is 0 Å². The van der Waals surface area contributed by atoms with Crippen molar-refractivity contribution in [1.29, 1.82) is 0 Å². The number of aliphatic hydroxyl groups is 1. The van der Waals surface area contributed by atoms with Crippen molar-refractivity contribution in [2.45, 2.75) is 38.5 Å². The molecule has 1 amide bonds. The number of benzene rings is 1. The summed E-state index contributed by atoms with van der Waals surface area (Å²) in [7, 11) is 0. The normalized spacial score (nSPS) is 22.9. The summed E-state index contributed by atoms with van der Waals surface area (Å²) in [6.45, 7) is 3.17. The number of carbonyl (C=O) groups excluding carboxylic acids is 1. The predicted octanol–water partition coefficient (Wildman–Crippen LogP) is 1.28. The van der Waals surface area contributed by atoms with E-state index in [0.29, 0.717) is 6.54 Å². The molecule has 1 heterocycles. The molecule has 0 spiro atoms. The Balaban J connectivity index is 1.60. The quantitative estimate of drug-likeness (QED) is 0.850. The summed E-state index contributed by atoms with van der Waals surface area (Å²) >= 11 is 0. The van der Waals surface area contributed by atoms with Crippen molar-refractivity contribution in [2.24, 2.45) is 5.92 Å². The number of aliphatic hydroxyl groups excluding tert-OH is 1. The minimum Gasteiger partial charge on any atom is -0.392 e. The second kappa shape index (κ2) is 5.94. The van der Waals surface area contributed by atoms with Crippen LogP contribution in [0, 0.1) is 5.92 Å². The molecule has 1 saturated carbocycles. The van der Waals surface area contributed by atoms with E-state index >= 15 is 0 Å². The second-order valence-electron chi connectivity index (χ2n) is 5.94. The van der Waals surface area contributed by atoms with Gasteiger partial charge in [0.05, 0.1) is 6.10 Å². The first-order valence-electron chi connectivity index (χ1n) is 7.47. The van der Waals surface area contributed by atoms with Crippen LogP contribution in [0.3, 0.4) is 0 Å². The number of rotatable bonds is 5. The van der Waals surface area contributed by atoms with E-state index in [1.54, 1.807) is 0 Å². The maximum atomic E-state index is 11.7. The Hall–Kier alpha value is -1.39. The molecule has 2 N–H and O–H groups in total. The third-order valence-corrected chi connectivity index (χ3v) is 4.16. The molecule has 4 nitrogen and oxygen atoms in total. The molecule has 3 rings (SSSR count). The smallest absolute Gasteiger partial charge is 0.223 e. The van der Waals surface area contributed by atoms with Crippen molar-refractivity contribution >= 4 is 5.91 Å². The maximum Gasteiger partial charge on any atom is 0.223 e. The zero-order chi connectivity index (χ0) is 13.9. The molecule has 1 aliphatic carbocycles. The van der Waals surface area contributed by atoms with Gasteiger partial charge in [0, 0.05) is 32.1 Å². The molecule has 108 valence electrons. The first-order chi connectivity index (χ1) is 9.72. The molecule has 0 bridgehead atoms. The Kier molecular flexibility index (Phi) is 4.03. The summed E-state index contributed by atoms with van der Waals surface area (Å²) in [5.74, 6) is 0.451. The highest BCUT2D eigenvalue weighted by atomic mass is 16.3. The molecule has 1 aromatic carbocycles. The Morgan fingerprint density at radius 1 is 1.25 bits per heavy atom. The molecule has 0 unspecified atom stereocenters. The van der Waals surface area contributed by atoms with Gasteiger partial charge in [-0.05, 0) is 30.4 Å². The third-order valence-electron chi connectivity index (χ3n) is 4.16. The zero-order valence-electron chi connectivity index (χ0n) is 11.7. The summed E-state index contributed by atoms with van der Waals surface area (Å²) in [6.07, 6.45) is 2.76. The number of likely N-dealkylation sites (tertiary alicyclic amines) is 1. The van der Waals surface area contributed by atoms with Crippen LogP contribution in [0.15, 0.2) is 24.3 Å². The fourth-order valence-electron chi connectivity index (χ4n) is 2.75. The molecular formula is C16H22N2O2. The van der Waals surface area contributed by atoms with Crippen LogP contribution in [0.5, 0.6) is 0 Å². The average molecular weight is 274 g/mol. The van der Waals surface area contributed by atoms with Crippen LogP contribution in [-0.4, -0.2) is 35.1 Å². The number of hydrogen-bond acceptors (Lipinski definition) is 3. The molecule has 20 heavy (non-hydrogen) atoms. The van der Waals surface area contributed by atoms with Crippen molar-refractivity contribution in [3.05, 3.63) is 35.4 Å². The number of carbonyl (C=O) groups is 1. The van der Waals surface area contributed by atoms with E-state index in [2.05, 4.69) is 22.3 Å². The summed E-state index contributed by atoms with van der Waals surface area (Å²) in [5, 5.41) is 12.6. The maximum absolute atomic E-state index is 11.7. The molecule has 1 atom stereocenters. The molecule has 0 radical (unpaired) electrons. The van der Waals surface area contributed by atoms with E-state index in [9.17, 15) is 9.90 Å². The van der Waals surface area contributed by atoms with Crippen LogP contribution in [-0.2, 0) is 17.9 Å². The molecule has 1 aliphatic heterocycles. The average Bonchev–Trinajstić information content (AvgIpc) is 3.22. The van der Waals surface area contributed by atoms with Crippen molar-refractivity contribution in [3.8, 4) is 0 Å². The number of nitrogens with one attached hydrogen (secondary N) is 1. The van der Waals surface area contributed by atoms with Gasteiger partial charge >= 0.3 is 0 Å². The molecular weight excluding hydrogens is 252 g/mol.